The van der Waals surface area contributed by atoms with Crippen molar-refractivity contribution >= 4 is 11.7 Å². The summed E-state index contributed by atoms with van der Waals surface area (Å²) < 4.78 is 13.0. The minimum Gasteiger partial charge on any atom is -0.473 e. The number of nitrogens with zero attached hydrogens (tertiary/aromatic N) is 3. The molecule has 0 bridgehead atoms. The van der Waals surface area contributed by atoms with Crippen LogP contribution in [0.4, 0.5) is 0 Å². The number of hydrogen-bond acceptors (Lipinski definition) is 7. The van der Waals surface area contributed by atoms with Crippen LogP contribution < -0.4 is 10.1 Å². The predicted molar refractivity (Wildman–Crippen MR) is 81.3 cm³/mol. The molecule has 0 radical (unpaired) electrons. The largest absolute Gasteiger partial charge is 0.473 e. The number of aliphatic hydroxyl groups is 1. The van der Waals surface area contributed by atoms with Crippen LogP contribution >= 0.6 is 11.7 Å². The monoisotopic (exact) mass is 302 g/mol. The second-order valence-electron chi connectivity index (χ2n) is 5.20. The van der Waals surface area contributed by atoms with Gasteiger partial charge in [0.2, 0.25) is 5.88 Å². The van der Waals surface area contributed by atoms with E-state index in [9.17, 15) is 5.11 Å². The van der Waals surface area contributed by atoms with Gasteiger partial charge in [-0.05, 0) is 46.8 Å². The Morgan fingerprint density at radius 2 is 2.25 bits per heavy atom. The summed E-state index contributed by atoms with van der Waals surface area (Å²) in [6.45, 7) is 7.22. The summed E-state index contributed by atoms with van der Waals surface area (Å²) in [6.07, 6.45) is 3.31. The van der Waals surface area contributed by atoms with Crippen LogP contribution in [0.5, 0.6) is 5.88 Å². The Bertz CT molecular complexity index is 335. The van der Waals surface area contributed by atoms with Gasteiger partial charge in [-0.1, -0.05) is 0 Å². The minimum absolute atomic E-state index is 0.245. The quantitative estimate of drug-likeness (QED) is 0.594. The maximum Gasteiger partial charge on any atom is 0.245 e. The van der Waals surface area contributed by atoms with E-state index < -0.39 is 6.10 Å². The Morgan fingerprint density at radius 1 is 1.45 bits per heavy atom. The molecule has 1 heterocycles. The first kappa shape index (κ1) is 17.3. The molecular weight excluding hydrogens is 276 g/mol. The molecule has 1 aromatic rings. The third-order valence-electron chi connectivity index (χ3n) is 3.14. The third kappa shape index (κ3) is 7.74. The molecule has 0 aliphatic carbocycles. The first-order chi connectivity index (χ1) is 9.59. The number of hydrogen-bond donors (Lipinski definition) is 2. The molecule has 0 aliphatic heterocycles. The molecule has 1 unspecified atom stereocenters. The van der Waals surface area contributed by atoms with Gasteiger partial charge in [0.1, 0.15) is 18.9 Å². The van der Waals surface area contributed by atoms with Crippen molar-refractivity contribution in [3.8, 4) is 5.88 Å². The van der Waals surface area contributed by atoms with Gasteiger partial charge in [-0.15, -0.1) is 4.37 Å². The van der Waals surface area contributed by atoms with E-state index in [1.165, 1.54) is 6.42 Å². The van der Waals surface area contributed by atoms with Crippen LogP contribution in [-0.2, 0) is 0 Å². The average molecular weight is 302 g/mol. The van der Waals surface area contributed by atoms with Crippen LogP contribution in [0.15, 0.2) is 6.20 Å². The molecule has 0 amide bonds. The molecule has 1 atom stereocenters. The topological polar surface area (TPSA) is 70.5 Å². The summed E-state index contributed by atoms with van der Waals surface area (Å²) in [5.41, 5.74) is 0. The van der Waals surface area contributed by atoms with Gasteiger partial charge < -0.3 is 20.1 Å². The van der Waals surface area contributed by atoms with Crippen LogP contribution in [0.25, 0.3) is 0 Å². The van der Waals surface area contributed by atoms with Gasteiger partial charge in [-0.25, -0.2) is 0 Å². The van der Waals surface area contributed by atoms with Crippen molar-refractivity contribution in [2.75, 3.05) is 33.3 Å². The zero-order valence-corrected chi connectivity index (χ0v) is 13.4. The highest BCUT2D eigenvalue weighted by atomic mass is 32.1. The van der Waals surface area contributed by atoms with Crippen molar-refractivity contribution in [3.63, 3.8) is 0 Å². The van der Waals surface area contributed by atoms with E-state index >= 15 is 0 Å². The third-order valence-corrected chi connectivity index (χ3v) is 3.60. The molecule has 0 spiro atoms. The Kier molecular flexibility index (Phi) is 8.68. The molecule has 7 heteroatoms. The highest BCUT2D eigenvalue weighted by Crippen LogP contribution is 2.05. The van der Waals surface area contributed by atoms with Crippen molar-refractivity contribution in [2.24, 2.45) is 0 Å². The maximum atomic E-state index is 9.73. The number of nitrogens with one attached hydrogen (secondary N) is 1. The van der Waals surface area contributed by atoms with E-state index in [0.717, 1.165) is 31.2 Å². The predicted octanol–water partition coefficient (Wildman–Crippen LogP) is 0.988. The van der Waals surface area contributed by atoms with Crippen molar-refractivity contribution < 1.29 is 9.84 Å². The maximum absolute atomic E-state index is 9.73. The van der Waals surface area contributed by atoms with Crippen molar-refractivity contribution in [3.05, 3.63) is 6.20 Å². The standard InChI is InChI=1S/C13H26N4O2S/c1-11(2)17(3)7-5-4-6-14-8-12(18)10-19-13-9-15-20-16-13/h9,11-12,14,18H,4-8,10H2,1-3H3. The molecule has 0 aromatic carbocycles. The van der Waals surface area contributed by atoms with Crippen molar-refractivity contribution in [1.29, 1.82) is 0 Å². The lowest BCUT2D eigenvalue weighted by atomic mass is 10.2. The van der Waals surface area contributed by atoms with Crippen LogP contribution in [0.1, 0.15) is 26.7 Å². The van der Waals surface area contributed by atoms with Crippen LogP contribution in [0.2, 0.25) is 0 Å². The van der Waals surface area contributed by atoms with E-state index in [1.807, 2.05) is 0 Å². The summed E-state index contributed by atoms with van der Waals surface area (Å²) in [4.78, 5) is 2.34. The molecule has 0 fully saturated rings. The zero-order valence-electron chi connectivity index (χ0n) is 12.6. The number of ether oxygens (including phenoxy) is 1. The van der Waals surface area contributed by atoms with Crippen LogP contribution in [-0.4, -0.2) is 64.2 Å². The molecule has 0 saturated heterocycles. The van der Waals surface area contributed by atoms with Crippen molar-refractivity contribution in [2.45, 2.75) is 38.8 Å². The highest BCUT2D eigenvalue weighted by molar-refractivity contribution is 6.99. The normalized spacial score (nSPS) is 13.1. The fraction of sp³-hybridized carbons (Fsp3) is 0.846. The molecule has 1 rings (SSSR count). The number of unbranched alkanes of at least 4 members (excludes halogenated alkanes) is 1. The minimum atomic E-state index is -0.518. The first-order valence-electron chi connectivity index (χ1n) is 7.09. The highest BCUT2D eigenvalue weighted by Gasteiger charge is 2.06. The summed E-state index contributed by atoms with van der Waals surface area (Å²) >= 11 is 1.10. The Morgan fingerprint density at radius 3 is 2.90 bits per heavy atom. The number of aliphatic hydroxyl groups excluding tert-OH is 1. The molecule has 116 valence electrons. The molecule has 20 heavy (non-hydrogen) atoms. The van der Waals surface area contributed by atoms with Gasteiger partial charge in [-0.3, -0.25) is 0 Å². The SMILES string of the molecule is CC(C)N(C)CCCCNCC(O)COc1cnsn1. The lowest BCUT2D eigenvalue weighted by Crippen LogP contribution is -2.32. The summed E-state index contributed by atoms with van der Waals surface area (Å²) in [5.74, 6) is 0.478. The Hall–Kier alpha value is -0.760. The fourth-order valence-corrected chi connectivity index (χ4v) is 1.96. The summed E-state index contributed by atoms with van der Waals surface area (Å²) in [7, 11) is 2.15. The fourth-order valence-electron chi connectivity index (χ4n) is 1.60. The Balaban J connectivity index is 1.93. The van der Waals surface area contributed by atoms with Gasteiger partial charge in [0, 0.05) is 12.6 Å². The van der Waals surface area contributed by atoms with Gasteiger partial charge in [0.05, 0.1) is 11.7 Å². The van der Waals surface area contributed by atoms with Gasteiger partial charge in [0.15, 0.2) is 0 Å². The van der Waals surface area contributed by atoms with E-state index in [0.29, 0.717) is 18.5 Å². The van der Waals surface area contributed by atoms with E-state index in [2.05, 4.69) is 39.9 Å². The Labute approximate surface area is 125 Å². The lowest BCUT2D eigenvalue weighted by Gasteiger charge is -2.20. The number of rotatable bonds is 11. The van der Waals surface area contributed by atoms with Gasteiger partial charge in [-0.2, -0.15) is 4.37 Å². The average Bonchev–Trinajstić information content (AvgIpc) is 2.93. The second kappa shape index (κ2) is 10.0. The first-order valence-corrected chi connectivity index (χ1v) is 7.82. The summed E-state index contributed by atoms with van der Waals surface area (Å²) in [6, 6.07) is 0.599. The van der Waals surface area contributed by atoms with Gasteiger partial charge >= 0.3 is 0 Å². The molecule has 2 N–H and O–H groups in total. The molecule has 0 aliphatic rings. The van der Waals surface area contributed by atoms with Crippen molar-refractivity contribution in [1.82, 2.24) is 19.0 Å². The van der Waals surface area contributed by atoms with E-state index in [4.69, 9.17) is 4.74 Å². The molecular formula is C13H26N4O2S. The summed E-state index contributed by atoms with van der Waals surface area (Å²) in [5, 5.41) is 13.0. The zero-order chi connectivity index (χ0) is 14.8. The smallest absolute Gasteiger partial charge is 0.245 e. The second-order valence-corrected chi connectivity index (χ2v) is 5.75. The molecule has 0 saturated carbocycles. The van der Waals surface area contributed by atoms with E-state index in [-0.39, 0.29) is 6.61 Å². The van der Waals surface area contributed by atoms with Crippen LogP contribution in [0, 0.1) is 0 Å². The number of aromatic nitrogens is 2. The van der Waals surface area contributed by atoms with Gasteiger partial charge in [0.25, 0.3) is 0 Å². The molecule has 6 nitrogen and oxygen atoms in total. The molecule has 1 aromatic heterocycles. The lowest BCUT2D eigenvalue weighted by molar-refractivity contribution is 0.104. The van der Waals surface area contributed by atoms with Crippen LogP contribution in [0.3, 0.4) is 0 Å². The van der Waals surface area contributed by atoms with E-state index in [1.54, 1.807) is 6.20 Å².